The average molecular weight is 392 g/mol. The molecule has 2 atom stereocenters. The first kappa shape index (κ1) is 18.9. The molecule has 29 heavy (non-hydrogen) atoms. The molecule has 0 saturated carbocycles. The predicted molar refractivity (Wildman–Crippen MR) is 107 cm³/mol. The zero-order valence-corrected chi connectivity index (χ0v) is 16.4. The van der Waals surface area contributed by atoms with Gasteiger partial charge in [-0.25, -0.2) is 4.39 Å². The Morgan fingerprint density at radius 2 is 1.90 bits per heavy atom. The minimum atomic E-state index is -0.858. The van der Waals surface area contributed by atoms with Crippen LogP contribution in [-0.2, 0) is 11.8 Å². The van der Waals surface area contributed by atoms with Gasteiger partial charge in [0.25, 0.3) is 5.91 Å². The molecule has 2 heterocycles. The van der Waals surface area contributed by atoms with Crippen LogP contribution in [0.25, 0.3) is 0 Å². The smallest absolute Gasteiger partial charge is 0.251 e. The van der Waals surface area contributed by atoms with Crippen LogP contribution in [0.1, 0.15) is 38.7 Å². The molecule has 2 aromatic carbocycles. The number of carbonyl (C=O) groups is 2. The lowest BCUT2D eigenvalue weighted by Crippen LogP contribution is -2.50. The van der Waals surface area contributed by atoms with Gasteiger partial charge in [0.1, 0.15) is 17.7 Å². The number of rotatable bonds is 3. The number of aryl methyl sites for hydroxylation is 3. The summed E-state index contributed by atoms with van der Waals surface area (Å²) in [4.78, 5) is 25.8. The van der Waals surface area contributed by atoms with Crippen molar-refractivity contribution in [3.8, 4) is 0 Å². The number of hydrogen-bond donors (Lipinski definition) is 2. The normalized spacial score (nSPS) is 18.1. The molecule has 0 spiro atoms. The highest BCUT2D eigenvalue weighted by Crippen LogP contribution is 2.39. The summed E-state index contributed by atoms with van der Waals surface area (Å²) in [5.41, 5.74) is 3.71. The van der Waals surface area contributed by atoms with Crippen LogP contribution in [-0.4, -0.2) is 27.6 Å². The van der Waals surface area contributed by atoms with Gasteiger partial charge in [-0.3, -0.25) is 14.3 Å². The van der Waals surface area contributed by atoms with Crippen LogP contribution in [0.15, 0.2) is 48.5 Å². The highest BCUT2D eigenvalue weighted by Gasteiger charge is 2.41. The number of nitrogens with one attached hydrogen (secondary N) is 2. The summed E-state index contributed by atoms with van der Waals surface area (Å²) in [7, 11) is 1.75. The SMILES string of the molecule is Cc1cccc(C(=O)NC2C(=O)Nc3c(c(C)nn3C)C2c2ccc(F)cc2)c1. The Balaban J connectivity index is 1.78. The fourth-order valence-corrected chi connectivity index (χ4v) is 3.90. The fraction of sp³-hybridized carbons (Fsp3) is 0.227. The van der Waals surface area contributed by atoms with E-state index in [0.717, 1.165) is 22.4 Å². The number of aromatic nitrogens is 2. The number of fused-ring (bicyclic) bond motifs is 1. The van der Waals surface area contributed by atoms with E-state index in [-0.39, 0.29) is 17.6 Å². The molecule has 0 fully saturated rings. The second-order valence-corrected chi connectivity index (χ2v) is 7.31. The molecule has 7 heteroatoms. The molecule has 1 aromatic heterocycles. The number of benzene rings is 2. The number of hydrogen-bond acceptors (Lipinski definition) is 3. The lowest BCUT2D eigenvalue weighted by Gasteiger charge is -2.32. The summed E-state index contributed by atoms with van der Waals surface area (Å²) in [5.74, 6) is -0.941. The van der Waals surface area contributed by atoms with E-state index in [1.54, 1.807) is 42.1 Å². The largest absolute Gasteiger partial charge is 0.339 e. The van der Waals surface area contributed by atoms with Crippen molar-refractivity contribution in [3.63, 3.8) is 0 Å². The van der Waals surface area contributed by atoms with E-state index in [1.165, 1.54) is 12.1 Å². The third-order valence-corrected chi connectivity index (χ3v) is 5.23. The molecule has 2 unspecified atom stereocenters. The van der Waals surface area contributed by atoms with E-state index in [0.29, 0.717) is 11.4 Å². The monoisotopic (exact) mass is 392 g/mol. The van der Waals surface area contributed by atoms with Gasteiger partial charge in [0.05, 0.1) is 5.69 Å². The quantitative estimate of drug-likeness (QED) is 0.719. The number of anilines is 1. The van der Waals surface area contributed by atoms with Crippen molar-refractivity contribution in [2.45, 2.75) is 25.8 Å². The number of amides is 2. The van der Waals surface area contributed by atoms with Gasteiger partial charge in [-0.05, 0) is 43.7 Å². The predicted octanol–water partition coefficient (Wildman–Crippen LogP) is 3.06. The van der Waals surface area contributed by atoms with E-state index >= 15 is 0 Å². The van der Waals surface area contributed by atoms with Crippen LogP contribution in [0.3, 0.4) is 0 Å². The Labute approximate surface area is 167 Å². The van der Waals surface area contributed by atoms with Crippen LogP contribution in [0.4, 0.5) is 10.2 Å². The second kappa shape index (κ2) is 7.16. The Morgan fingerprint density at radius 3 is 2.59 bits per heavy atom. The van der Waals surface area contributed by atoms with Crippen molar-refractivity contribution in [1.29, 1.82) is 0 Å². The topological polar surface area (TPSA) is 76.0 Å². The molecular weight excluding hydrogens is 371 g/mol. The first-order valence-corrected chi connectivity index (χ1v) is 9.32. The summed E-state index contributed by atoms with van der Waals surface area (Å²) < 4.78 is 15.1. The number of nitrogens with zero attached hydrogens (tertiary/aromatic N) is 2. The zero-order chi connectivity index (χ0) is 20.7. The van der Waals surface area contributed by atoms with Gasteiger partial charge in [0.15, 0.2) is 0 Å². The molecule has 1 aliphatic rings. The third kappa shape index (κ3) is 3.40. The average Bonchev–Trinajstić information content (AvgIpc) is 2.96. The standard InChI is InChI=1S/C22H21FN4O2/c1-12-5-4-6-15(11-12)21(28)24-19-18(14-7-9-16(23)10-8-14)17-13(2)26-27(3)20(17)25-22(19)29/h4-11,18-19H,1-3H3,(H,24,28)(H,25,29). The van der Waals surface area contributed by atoms with Gasteiger partial charge in [-0.1, -0.05) is 29.8 Å². The third-order valence-electron chi connectivity index (χ3n) is 5.23. The van der Waals surface area contributed by atoms with Gasteiger partial charge >= 0.3 is 0 Å². The molecule has 2 amide bonds. The number of carbonyl (C=O) groups excluding carboxylic acids is 2. The first-order chi connectivity index (χ1) is 13.8. The molecule has 0 radical (unpaired) electrons. The summed E-state index contributed by atoms with van der Waals surface area (Å²) >= 11 is 0. The summed E-state index contributed by atoms with van der Waals surface area (Å²) in [6.07, 6.45) is 0. The molecule has 2 N–H and O–H groups in total. The highest BCUT2D eigenvalue weighted by atomic mass is 19.1. The van der Waals surface area contributed by atoms with E-state index in [1.807, 2.05) is 19.9 Å². The summed E-state index contributed by atoms with van der Waals surface area (Å²) in [6, 6.07) is 12.3. The van der Waals surface area contributed by atoms with E-state index in [2.05, 4.69) is 15.7 Å². The van der Waals surface area contributed by atoms with Crippen molar-refractivity contribution in [3.05, 3.63) is 82.3 Å². The lowest BCUT2D eigenvalue weighted by atomic mass is 9.82. The van der Waals surface area contributed by atoms with Gasteiger partial charge in [0, 0.05) is 24.1 Å². The van der Waals surface area contributed by atoms with Crippen molar-refractivity contribution in [2.24, 2.45) is 7.05 Å². The van der Waals surface area contributed by atoms with Gasteiger partial charge < -0.3 is 10.6 Å². The Morgan fingerprint density at radius 1 is 1.17 bits per heavy atom. The minimum absolute atomic E-state index is 0.337. The van der Waals surface area contributed by atoms with E-state index in [9.17, 15) is 14.0 Å². The van der Waals surface area contributed by atoms with E-state index in [4.69, 9.17) is 0 Å². The minimum Gasteiger partial charge on any atom is -0.339 e. The van der Waals surface area contributed by atoms with Crippen molar-refractivity contribution >= 4 is 17.6 Å². The van der Waals surface area contributed by atoms with Gasteiger partial charge in [0.2, 0.25) is 5.91 Å². The zero-order valence-electron chi connectivity index (χ0n) is 16.4. The first-order valence-electron chi connectivity index (χ1n) is 9.32. The molecule has 0 aliphatic carbocycles. The molecule has 0 bridgehead atoms. The molecule has 4 rings (SSSR count). The van der Waals surface area contributed by atoms with Crippen LogP contribution in [0, 0.1) is 19.7 Å². The van der Waals surface area contributed by atoms with Gasteiger partial charge in [-0.15, -0.1) is 0 Å². The molecule has 148 valence electrons. The molecule has 0 saturated heterocycles. The van der Waals surface area contributed by atoms with Crippen LogP contribution >= 0.6 is 0 Å². The molecule has 1 aliphatic heterocycles. The summed E-state index contributed by atoms with van der Waals surface area (Å²) in [6.45, 7) is 3.75. The van der Waals surface area contributed by atoms with Crippen molar-refractivity contribution in [2.75, 3.05) is 5.32 Å². The van der Waals surface area contributed by atoms with Gasteiger partial charge in [-0.2, -0.15) is 5.10 Å². The van der Waals surface area contributed by atoms with E-state index < -0.39 is 12.0 Å². The van der Waals surface area contributed by atoms with Crippen molar-refractivity contribution in [1.82, 2.24) is 15.1 Å². The van der Waals surface area contributed by atoms with Crippen LogP contribution in [0.2, 0.25) is 0 Å². The molecule has 6 nitrogen and oxygen atoms in total. The molecular formula is C22H21FN4O2. The molecule has 3 aromatic rings. The van der Waals surface area contributed by atoms with Crippen LogP contribution in [0.5, 0.6) is 0 Å². The second-order valence-electron chi connectivity index (χ2n) is 7.31. The van der Waals surface area contributed by atoms with Crippen LogP contribution < -0.4 is 10.6 Å². The van der Waals surface area contributed by atoms with Crippen molar-refractivity contribution < 1.29 is 14.0 Å². The highest BCUT2D eigenvalue weighted by molar-refractivity contribution is 6.03. The maximum absolute atomic E-state index is 13.5. The maximum atomic E-state index is 13.5. The maximum Gasteiger partial charge on any atom is 0.251 e. The Hall–Kier alpha value is -3.48. The Bertz CT molecular complexity index is 1100. The Kier molecular flexibility index (Phi) is 4.66. The summed E-state index contributed by atoms with van der Waals surface area (Å²) in [5, 5.41) is 10.1. The fourth-order valence-electron chi connectivity index (χ4n) is 3.90. The lowest BCUT2D eigenvalue weighted by molar-refractivity contribution is -0.118. The number of halogens is 1.